The maximum absolute atomic E-state index is 6.89. The first-order valence-electron chi connectivity index (χ1n) is 22.6. The molecule has 2 nitrogen and oxygen atoms in total. The van der Waals surface area contributed by atoms with Gasteiger partial charge in [-0.1, -0.05) is 173 Å². The number of fused-ring (bicyclic) bond motifs is 19. The van der Waals surface area contributed by atoms with Crippen LogP contribution in [0.2, 0.25) is 0 Å². The first-order valence-corrected chi connectivity index (χ1v) is 22.6. The molecular weight excluding hydrogens is 775 g/mol. The van der Waals surface area contributed by atoms with Gasteiger partial charge in [0, 0.05) is 32.7 Å². The van der Waals surface area contributed by atoms with Crippen LogP contribution in [0.1, 0.15) is 49.9 Å². The van der Waals surface area contributed by atoms with Gasteiger partial charge in [0.1, 0.15) is 5.58 Å². The van der Waals surface area contributed by atoms with Gasteiger partial charge in [0.15, 0.2) is 5.58 Å². The first kappa shape index (κ1) is 35.9. The molecule has 12 aromatic rings. The van der Waals surface area contributed by atoms with E-state index in [2.05, 4.69) is 221 Å². The lowest BCUT2D eigenvalue weighted by molar-refractivity contribution is 0.661. The molecule has 11 aromatic carbocycles. The lowest BCUT2D eigenvalue weighted by Crippen LogP contribution is -2.17. The SMILES string of the molecule is CC1(C)c2cc3ccccc3cc2-c2c1cc(N(c1ccc3c4c(ccc3c1)-c1c(c3ccccc3c3ccccc13)C4(C)C)c1cccc3c1oc1ccccc13)c1ccccc21. The van der Waals surface area contributed by atoms with Gasteiger partial charge in [0.2, 0.25) is 0 Å². The van der Waals surface area contributed by atoms with Crippen LogP contribution < -0.4 is 4.90 Å². The Morgan fingerprint density at radius 1 is 0.359 bits per heavy atom. The quantitative estimate of drug-likeness (QED) is 0.165. The summed E-state index contributed by atoms with van der Waals surface area (Å²) < 4.78 is 6.89. The Labute approximate surface area is 371 Å². The number of nitrogens with zero attached hydrogens (tertiary/aromatic N) is 1. The van der Waals surface area contributed by atoms with E-state index in [1.807, 2.05) is 0 Å². The van der Waals surface area contributed by atoms with Gasteiger partial charge in [-0.3, -0.25) is 0 Å². The molecule has 14 rings (SSSR count). The maximum atomic E-state index is 6.89. The Morgan fingerprint density at radius 2 is 0.984 bits per heavy atom. The van der Waals surface area contributed by atoms with Gasteiger partial charge in [0.05, 0.1) is 11.4 Å². The van der Waals surface area contributed by atoms with E-state index in [-0.39, 0.29) is 10.8 Å². The molecule has 2 heteroatoms. The Hall–Kier alpha value is -7.68. The molecule has 0 aliphatic heterocycles. The molecule has 0 fully saturated rings. The van der Waals surface area contributed by atoms with Crippen LogP contribution in [0.5, 0.6) is 0 Å². The molecule has 0 atom stereocenters. The molecule has 302 valence electrons. The Morgan fingerprint density at radius 3 is 1.77 bits per heavy atom. The summed E-state index contributed by atoms with van der Waals surface area (Å²) >= 11 is 0. The average molecular weight is 818 g/mol. The molecule has 0 radical (unpaired) electrons. The zero-order chi connectivity index (χ0) is 42.6. The van der Waals surface area contributed by atoms with E-state index >= 15 is 0 Å². The highest BCUT2D eigenvalue weighted by Crippen LogP contribution is 2.58. The van der Waals surface area contributed by atoms with Gasteiger partial charge < -0.3 is 9.32 Å². The first-order chi connectivity index (χ1) is 31.3. The summed E-state index contributed by atoms with van der Waals surface area (Å²) in [5.41, 5.74) is 15.5. The second kappa shape index (κ2) is 12.5. The lowest BCUT2D eigenvalue weighted by atomic mass is 9.78. The second-order valence-corrected chi connectivity index (χ2v) is 19.2. The third-order valence-corrected chi connectivity index (χ3v) is 15.1. The largest absolute Gasteiger partial charge is 0.454 e. The molecule has 0 unspecified atom stereocenters. The zero-order valence-corrected chi connectivity index (χ0v) is 36.3. The van der Waals surface area contributed by atoms with Gasteiger partial charge in [-0.15, -0.1) is 0 Å². The van der Waals surface area contributed by atoms with E-state index in [0.29, 0.717) is 0 Å². The summed E-state index contributed by atoms with van der Waals surface area (Å²) in [5.74, 6) is 0. The number of furan rings is 1. The molecule has 0 N–H and O–H groups in total. The molecule has 0 saturated carbocycles. The van der Waals surface area contributed by atoms with Crippen molar-refractivity contribution in [3.63, 3.8) is 0 Å². The molecule has 0 spiro atoms. The van der Waals surface area contributed by atoms with Crippen LogP contribution in [0.15, 0.2) is 192 Å². The molecule has 2 aliphatic carbocycles. The summed E-state index contributed by atoms with van der Waals surface area (Å²) in [6, 6.07) is 70.1. The number of para-hydroxylation sites is 2. The topological polar surface area (TPSA) is 16.4 Å². The van der Waals surface area contributed by atoms with Crippen molar-refractivity contribution in [3.8, 4) is 22.3 Å². The predicted molar refractivity (Wildman–Crippen MR) is 271 cm³/mol. The minimum absolute atomic E-state index is 0.226. The molecule has 0 saturated heterocycles. The van der Waals surface area contributed by atoms with Crippen LogP contribution in [0, 0.1) is 0 Å². The fourth-order valence-corrected chi connectivity index (χ4v) is 12.3. The molecular formula is C62H43NO. The van der Waals surface area contributed by atoms with Crippen molar-refractivity contribution < 1.29 is 4.42 Å². The van der Waals surface area contributed by atoms with E-state index < -0.39 is 0 Å². The normalized spacial score (nSPS) is 14.5. The average Bonchev–Trinajstić information content (AvgIpc) is 3.91. The van der Waals surface area contributed by atoms with E-state index in [1.54, 1.807) is 0 Å². The summed E-state index contributed by atoms with van der Waals surface area (Å²) in [4.78, 5) is 2.48. The summed E-state index contributed by atoms with van der Waals surface area (Å²) in [6.07, 6.45) is 0. The van der Waals surface area contributed by atoms with Crippen molar-refractivity contribution in [2.24, 2.45) is 0 Å². The highest BCUT2D eigenvalue weighted by atomic mass is 16.3. The smallest absolute Gasteiger partial charge is 0.159 e. The van der Waals surface area contributed by atoms with E-state index in [9.17, 15) is 0 Å². The van der Waals surface area contributed by atoms with E-state index in [0.717, 1.165) is 39.0 Å². The van der Waals surface area contributed by atoms with Crippen molar-refractivity contribution in [3.05, 3.63) is 210 Å². The van der Waals surface area contributed by atoms with Gasteiger partial charge in [-0.05, 0) is 135 Å². The minimum atomic E-state index is -0.233. The molecule has 64 heavy (non-hydrogen) atoms. The van der Waals surface area contributed by atoms with Crippen molar-refractivity contribution in [2.45, 2.75) is 38.5 Å². The third kappa shape index (κ3) is 4.60. The maximum Gasteiger partial charge on any atom is 0.159 e. The Balaban J connectivity index is 1.05. The van der Waals surface area contributed by atoms with Gasteiger partial charge >= 0.3 is 0 Å². The van der Waals surface area contributed by atoms with Crippen molar-refractivity contribution >= 4 is 92.9 Å². The molecule has 0 bridgehead atoms. The van der Waals surface area contributed by atoms with Crippen LogP contribution >= 0.6 is 0 Å². The highest BCUT2D eigenvalue weighted by molar-refractivity contribution is 6.20. The van der Waals surface area contributed by atoms with Gasteiger partial charge in [-0.25, -0.2) is 0 Å². The number of rotatable bonds is 3. The monoisotopic (exact) mass is 817 g/mol. The van der Waals surface area contributed by atoms with Crippen LogP contribution in [0.25, 0.3) is 98.1 Å². The number of hydrogen-bond donors (Lipinski definition) is 0. The standard InChI is InChI=1S/C62H43NO/c1-61(2)51-34-37-17-6-5-16-36(37)33-50(51)56-46-23-11-9-20-43(46)54(35-52(56)61)63(53-26-15-25-48-44-21-13-14-27-55(44)64-60(48)53)39-29-31-40-38(32-39)28-30-49-57-45-22-10-7-18-41(45)42-19-8-12-24-47(42)59(57)62(3,4)58(40)49/h5-35H,1-4H3. The molecule has 0 amide bonds. The van der Waals surface area contributed by atoms with Crippen molar-refractivity contribution in [2.75, 3.05) is 4.90 Å². The Bertz CT molecular complexity index is 4030. The number of anilines is 3. The van der Waals surface area contributed by atoms with Gasteiger partial charge in [0.25, 0.3) is 0 Å². The highest BCUT2D eigenvalue weighted by Gasteiger charge is 2.41. The van der Waals surface area contributed by atoms with Crippen LogP contribution in [0.4, 0.5) is 17.1 Å². The summed E-state index contributed by atoms with van der Waals surface area (Å²) in [6.45, 7) is 9.66. The van der Waals surface area contributed by atoms with E-state index in [4.69, 9.17) is 4.42 Å². The fraction of sp³-hybridized carbons (Fsp3) is 0.0968. The summed E-state index contributed by atoms with van der Waals surface area (Å²) in [7, 11) is 0. The molecule has 1 aromatic heterocycles. The van der Waals surface area contributed by atoms with Gasteiger partial charge in [-0.2, -0.15) is 0 Å². The van der Waals surface area contributed by atoms with Crippen LogP contribution in [-0.2, 0) is 10.8 Å². The zero-order valence-electron chi connectivity index (χ0n) is 36.3. The second-order valence-electron chi connectivity index (χ2n) is 19.2. The minimum Gasteiger partial charge on any atom is -0.454 e. The molecule has 2 aliphatic rings. The van der Waals surface area contributed by atoms with Crippen molar-refractivity contribution in [1.29, 1.82) is 0 Å². The predicted octanol–water partition coefficient (Wildman–Crippen LogP) is 17.4. The Kier molecular flexibility index (Phi) is 7.00. The van der Waals surface area contributed by atoms with Crippen LogP contribution in [0.3, 0.4) is 0 Å². The number of hydrogen-bond acceptors (Lipinski definition) is 2. The summed E-state index contributed by atoms with van der Waals surface area (Å²) in [5, 5.41) is 15.1. The van der Waals surface area contributed by atoms with Crippen LogP contribution in [-0.4, -0.2) is 0 Å². The van der Waals surface area contributed by atoms with E-state index in [1.165, 1.54) is 98.4 Å². The fourth-order valence-electron chi connectivity index (χ4n) is 12.3. The lowest BCUT2D eigenvalue weighted by Gasteiger charge is -2.30. The third-order valence-electron chi connectivity index (χ3n) is 15.1. The van der Waals surface area contributed by atoms with Crippen molar-refractivity contribution in [1.82, 2.24) is 0 Å². The number of benzene rings is 11. The molecule has 1 heterocycles.